The normalized spacial score (nSPS) is 10.8. The van der Waals surface area contributed by atoms with Crippen molar-refractivity contribution in [1.29, 1.82) is 0 Å². The molecule has 0 saturated carbocycles. The molecule has 0 radical (unpaired) electrons. The van der Waals surface area contributed by atoms with Crippen LogP contribution < -0.4 is 0 Å². The second kappa shape index (κ2) is 4.62. The van der Waals surface area contributed by atoms with Crippen LogP contribution in [0.4, 0.5) is 0 Å². The Kier molecular flexibility index (Phi) is 3.18. The van der Waals surface area contributed by atoms with E-state index in [9.17, 15) is 4.79 Å². The summed E-state index contributed by atoms with van der Waals surface area (Å²) in [4.78, 5) is 14.1. The average molecular weight is 230 g/mol. The van der Waals surface area contributed by atoms with Gasteiger partial charge in [-0.25, -0.2) is 0 Å². The van der Waals surface area contributed by atoms with Crippen molar-refractivity contribution in [3.05, 3.63) is 36.0 Å². The topological polar surface area (TPSA) is 25.2 Å². The lowest BCUT2D eigenvalue weighted by molar-refractivity contribution is 0.0764. The highest BCUT2D eigenvalue weighted by Gasteiger charge is 2.17. The highest BCUT2D eigenvalue weighted by molar-refractivity contribution is 5.98. The number of nitrogens with zero attached hydrogens (tertiary/aromatic N) is 2. The van der Waals surface area contributed by atoms with Gasteiger partial charge in [0, 0.05) is 31.0 Å². The summed E-state index contributed by atoms with van der Waals surface area (Å²) in [7, 11) is 1.94. The Bertz CT molecular complexity index is 538. The molecule has 1 aromatic heterocycles. The average Bonchev–Trinajstić information content (AvgIpc) is 2.69. The lowest BCUT2D eigenvalue weighted by Gasteiger charge is -2.18. The second-order valence-electron chi connectivity index (χ2n) is 4.12. The van der Waals surface area contributed by atoms with Crippen LogP contribution in [0, 0.1) is 0 Å². The number of hydrogen-bond acceptors (Lipinski definition) is 1. The molecular weight excluding hydrogens is 212 g/mol. The van der Waals surface area contributed by atoms with E-state index in [0.717, 1.165) is 29.7 Å². The zero-order valence-corrected chi connectivity index (χ0v) is 10.6. The zero-order valence-electron chi connectivity index (χ0n) is 10.6. The largest absolute Gasteiger partial charge is 0.340 e. The van der Waals surface area contributed by atoms with Crippen molar-refractivity contribution in [1.82, 2.24) is 9.47 Å². The van der Waals surface area contributed by atoms with Crippen LogP contribution in [-0.2, 0) is 7.05 Å². The van der Waals surface area contributed by atoms with E-state index >= 15 is 0 Å². The Balaban J connectivity index is 2.49. The maximum atomic E-state index is 12.3. The van der Waals surface area contributed by atoms with Gasteiger partial charge in [-0.3, -0.25) is 4.79 Å². The molecule has 0 aliphatic heterocycles. The number of rotatable bonds is 3. The highest BCUT2D eigenvalue weighted by Crippen LogP contribution is 2.19. The fourth-order valence-corrected chi connectivity index (χ4v) is 2.17. The smallest absolute Gasteiger partial charge is 0.270 e. The van der Waals surface area contributed by atoms with Crippen LogP contribution in [0.5, 0.6) is 0 Å². The molecule has 0 unspecified atom stereocenters. The molecule has 17 heavy (non-hydrogen) atoms. The molecule has 3 nitrogen and oxygen atoms in total. The van der Waals surface area contributed by atoms with Gasteiger partial charge in [0.25, 0.3) is 5.91 Å². The minimum atomic E-state index is 0.105. The molecule has 0 N–H and O–H groups in total. The number of fused-ring (bicyclic) bond motifs is 1. The second-order valence-corrected chi connectivity index (χ2v) is 4.12. The van der Waals surface area contributed by atoms with Crippen LogP contribution in [0.2, 0.25) is 0 Å². The molecule has 1 aromatic carbocycles. The number of benzene rings is 1. The molecule has 1 amide bonds. The molecule has 90 valence electrons. The van der Waals surface area contributed by atoms with Crippen LogP contribution in [-0.4, -0.2) is 28.5 Å². The van der Waals surface area contributed by atoms with E-state index in [1.807, 2.05) is 60.7 Å². The van der Waals surface area contributed by atoms with E-state index < -0.39 is 0 Å². The molecule has 0 bridgehead atoms. The summed E-state index contributed by atoms with van der Waals surface area (Å²) in [6.45, 7) is 5.50. The van der Waals surface area contributed by atoms with Gasteiger partial charge in [0.1, 0.15) is 5.69 Å². The minimum Gasteiger partial charge on any atom is -0.340 e. The summed E-state index contributed by atoms with van der Waals surface area (Å²) < 4.78 is 1.97. The van der Waals surface area contributed by atoms with Gasteiger partial charge in [-0.2, -0.15) is 0 Å². The zero-order chi connectivity index (χ0) is 12.4. The fourth-order valence-electron chi connectivity index (χ4n) is 2.17. The molecule has 2 rings (SSSR count). The molecular formula is C14H18N2O. The Morgan fingerprint density at radius 1 is 1.24 bits per heavy atom. The number of carbonyl (C=O) groups is 1. The van der Waals surface area contributed by atoms with Gasteiger partial charge in [-0.1, -0.05) is 18.2 Å². The van der Waals surface area contributed by atoms with Crippen LogP contribution in [0.25, 0.3) is 10.9 Å². The van der Waals surface area contributed by atoms with Crippen LogP contribution in [0.3, 0.4) is 0 Å². The summed E-state index contributed by atoms with van der Waals surface area (Å²) in [5, 5.41) is 1.12. The van der Waals surface area contributed by atoms with Crippen molar-refractivity contribution in [3.63, 3.8) is 0 Å². The minimum absolute atomic E-state index is 0.105. The number of hydrogen-bond donors (Lipinski definition) is 0. The third kappa shape index (κ3) is 1.93. The number of amides is 1. The van der Waals surface area contributed by atoms with Crippen molar-refractivity contribution in [2.75, 3.05) is 13.1 Å². The predicted octanol–water partition coefficient (Wildman–Crippen LogP) is 2.66. The van der Waals surface area contributed by atoms with Crippen LogP contribution in [0.15, 0.2) is 30.3 Å². The van der Waals surface area contributed by atoms with Crippen LogP contribution >= 0.6 is 0 Å². The number of aryl methyl sites for hydroxylation is 1. The Morgan fingerprint density at radius 2 is 1.88 bits per heavy atom. The first-order chi connectivity index (χ1) is 8.19. The molecule has 0 aliphatic rings. The van der Waals surface area contributed by atoms with Gasteiger partial charge < -0.3 is 9.47 Å². The Labute approximate surface area is 102 Å². The summed E-state index contributed by atoms with van der Waals surface area (Å²) in [6, 6.07) is 10.0. The van der Waals surface area contributed by atoms with E-state index in [2.05, 4.69) is 0 Å². The molecule has 2 aromatic rings. The molecule has 0 spiro atoms. The first kappa shape index (κ1) is 11.7. The van der Waals surface area contributed by atoms with Gasteiger partial charge in [0.2, 0.25) is 0 Å². The van der Waals surface area contributed by atoms with Crippen LogP contribution in [0.1, 0.15) is 24.3 Å². The number of para-hydroxylation sites is 1. The summed E-state index contributed by atoms with van der Waals surface area (Å²) in [6.07, 6.45) is 0. The van der Waals surface area contributed by atoms with Gasteiger partial charge in [0.05, 0.1) is 0 Å². The summed E-state index contributed by atoms with van der Waals surface area (Å²) in [5.74, 6) is 0.105. The lowest BCUT2D eigenvalue weighted by atomic mass is 10.2. The fraction of sp³-hybridized carbons (Fsp3) is 0.357. The van der Waals surface area contributed by atoms with Gasteiger partial charge in [0.15, 0.2) is 0 Å². The first-order valence-electron chi connectivity index (χ1n) is 6.02. The maximum absolute atomic E-state index is 12.3. The van der Waals surface area contributed by atoms with Crippen molar-refractivity contribution in [2.45, 2.75) is 13.8 Å². The van der Waals surface area contributed by atoms with Gasteiger partial charge in [-0.05, 0) is 26.0 Å². The van der Waals surface area contributed by atoms with E-state index in [1.54, 1.807) is 0 Å². The van der Waals surface area contributed by atoms with E-state index in [1.165, 1.54) is 0 Å². The number of aromatic nitrogens is 1. The quantitative estimate of drug-likeness (QED) is 0.795. The van der Waals surface area contributed by atoms with Gasteiger partial charge >= 0.3 is 0 Å². The summed E-state index contributed by atoms with van der Waals surface area (Å²) >= 11 is 0. The third-order valence-electron chi connectivity index (χ3n) is 3.22. The van der Waals surface area contributed by atoms with Gasteiger partial charge in [-0.15, -0.1) is 0 Å². The standard InChI is InChI=1S/C14H18N2O/c1-4-16(5-2)14(17)13-10-11-8-6-7-9-12(11)15(13)3/h6-10H,4-5H2,1-3H3. The highest BCUT2D eigenvalue weighted by atomic mass is 16.2. The monoisotopic (exact) mass is 230 g/mol. The van der Waals surface area contributed by atoms with Crippen molar-refractivity contribution < 1.29 is 4.79 Å². The molecule has 0 saturated heterocycles. The summed E-state index contributed by atoms with van der Waals surface area (Å²) in [5.41, 5.74) is 1.86. The van der Waals surface area contributed by atoms with Crippen molar-refractivity contribution >= 4 is 16.8 Å². The van der Waals surface area contributed by atoms with Crippen molar-refractivity contribution in [2.24, 2.45) is 7.05 Å². The maximum Gasteiger partial charge on any atom is 0.270 e. The molecule has 0 atom stereocenters. The Morgan fingerprint density at radius 3 is 2.47 bits per heavy atom. The van der Waals surface area contributed by atoms with Crippen molar-refractivity contribution in [3.8, 4) is 0 Å². The predicted molar refractivity (Wildman–Crippen MR) is 70.2 cm³/mol. The molecule has 0 fully saturated rings. The third-order valence-corrected chi connectivity index (χ3v) is 3.22. The van der Waals surface area contributed by atoms with E-state index in [4.69, 9.17) is 0 Å². The lowest BCUT2D eigenvalue weighted by Crippen LogP contribution is -2.31. The Hall–Kier alpha value is -1.77. The first-order valence-corrected chi connectivity index (χ1v) is 6.02. The van der Waals surface area contributed by atoms with E-state index in [-0.39, 0.29) is 5.91 Å². The molecule has 1 heterocycles. The SMILES string of the molecule is CCN(CC)C(=O)c1cc2ccccc2n1C. The van der Waals surface area contributed by atoms with E-state index in [0.29, 0.717) is 0 Å². The molecule has 3 heteroatoms. The molecule has 0 aliphatic carbocycles. The number of carbonyl (C=O) groups excluding carboxylic acids is 1.